The monoisotopic (exact) mass is 309 g/mol. The Morgan fingerprint density at radius 3 is 2.80 bits per heavy atom. The molecule has 0 aliphatic rings. The Kier molecular flexibility index (Phi) is 4.98. The van der Waals surface area contributed by atoms with Gasteiger partial charge in [0.2, 0.25) is 0 Å². The molecule has 20 heavy (non-hydrogen) atoms. The number of benzene rings is 1. The maximum atomic E-state index is 12.1. The van der Waals surface area contributed by atoms with Crippen LogP contribution in [0.5, 0.6) is 0 Å². The Balaban J connectivity index is 2.09. The molecule has 0 saturated carbocycles. The van der Waals surface area contributed by atoms with Crippen LogP contribution in [-0.2, 0) is 6.54 Å². The lowest BCUT2D eigenvalue weighted by molar-refractivity contribution is 0.0944. The first-order chi connectivity index (χ1) is 9.56. The third-order valence-electron chi connectivity index (χ3n) is 2.57. The van der Waals surface area contributed by atoms with Crippen molar-refractivity contribution in [1.82, 2.24) is 10.3 Å². The van der Waals surface area contributed by atoms with Crippen molar-refractivity contribution in [2.24, 2.45) is 0 Å². The molecule has 2 aromatic rings. The van der Waals surface area contributed by atoms with Gasteiger partial charge in [0.1, 0.15) is 0 Å². The molecule has 0 spiro atoms. The van der Waals surface area contributed by atoms with Crippen molar-refractivity contribution in [3.05, 3.63) is 45.4 Å². The zero-order valence-corrected chi connectivity index (χ0v) is 12.9. The molecule has 0 fully saturated rings. The molecule has 106 valence electrons. The lowest BCUT2D eigenvalue weighted by atomic mass is 10.1. The molecule has 0 atom stereocenters. The van der Waals surface area contributed by atoms with Crippen LogP contribution in [0.1, 0.15) is 29.1 Å². The standard InChI is InChI=1S/C14H16ClN3OS/c1-9(2)18-13(19)11-5-3-4-6-12(11)16-7-10-8-17-14(15)20-10/h3-6,8-9,16H,7H2,1-2H3,(H,18,19). The van der Waals surface area contributed by atoms with Gasteiger partial charge in [-0.1, -0.05) is 23.7 Å². The van der Waals surface area contributed by atoms with Crippen LogP contribution in [0.3, 0.4) is 0 Å². The van der Waals surface area contributed by atoms with Crippen molar-refractivity contribution in [3.63, 3.8) is 0 Å². The lowest BCUT2D eigenvalue weighted by Crippen LogP contribution is -2.30. The van der Waals surface area contributed by atoms with Gasteiger partial charge in [0.05, 0.1) is 12.1 Å². The third-order valence-corrected chi connectivity index (χ3v) is 3.68. The van der Waals surface area contributed by atoms with Crippen molar-refractivity contribution < 1.29 is 4.79 Å². The van der Waals surface area contributed by atoms with E-state index in [9.17, 15) is 4.79 Å². The molecular formula is C14H16ClN3OS. The first-order valence-electron chi connectivity index (χ1n) is 6.30. The van der Waals surface area contributed by atoms with Crippen molar-refractivity contribution in [3.8, 4) is 0 Å². The summed E-state index contributed by atoms with van der Waals surface area (Å²) in [5.74, 6) is -0.0783. The van der Waals surface area contributed by atoms with E-state index in [0.29, 0.717) is 16.6 Å². The number of rotatable bonds is 5. The molecular weight excluding hydrogens is 294 g/mol. The predicted octanol–water partition coefficient (Wildman–Crippen LogP) is 3.55. The van der Waals surface area contributed by atoms with Gasteiger partial charge in [-0.05, 0) is 26.0 Å². The van der Waals surface area contributed by atoms with Gasteiger partial charge >= 0.3 is 0 Å². The summed E-state index contributed by atoms with van der Waals surface area (Å²) in [6.07, 6.45) is 1.73. The molecule has 4 nitrogen and oxygen atoms in total. The second-order valence-corrected chi connectivity index (χ2v) is 6.30. The van der Waals surface area contributed by atoms with E-state index < -0.39 is 0 Å². The van der Waals surface area contributed by atoms with E-state index in [1.807, 2.05) is 32.0 Å². The number of para-hydroxylation sites is 1. The minimum atomic E-state index is -0.0783. The van der Waals surface area contributed by atoms with E-state index in [-0.39, 0.29) is 11.9 Å². The van der Waals surface area contributed by atoms with E-state index in [2.05, 4.69) is 15.6 Å². The zero-order valence-electron chi connectivity index (χ0n) is 11.3. The molecule has 1 amide bonds. The summed E-state index contributed by atoms with van der Waals surface area (Å²) >= 11 is 7.22. The highest BCUT2D eigenvalue weighted by Crippen LogP contribution is 2.21. The summed E-state index contributed by atoms with van der Waals surface area (Å²) in [6, 6.07) is 7.55. The summed E-state index contributed by atoms with van der Waals surface area (Å²) in [7, 11) is 0. The van der Waals surface area contributed by atoms with Gasteiger partial charge in [-0.2, -0.15) is 0 Å². The van der Waals surface area contributed by atoms with Gasteiger partial charge in [-0.15, -0.1) is 11.3 Å². The van der Waals surface area contributed by atoms with Crippen molar-refractivity contribution in [2.75, 3.05) is 5.32 Å². The Bertz CT molecular complexity index is 598. The summed E-state index contributed by atoms with van der Waals surface area (Å²) in [6.45, 7) is 4.47. The second kappa shape index (κ2) is 6.72. The lowest BCUT2D eigenvalue weighted by Gasteiger charge is -2.13. The number of carbonyl (C=O) groups is 1. The number of carbonyl (C=O) groups excluding carboxylic acids is 1. The van der Waals surface area contributed by atoms with Crippen LogP contribution in [0.4, 0.5) is 5.69 Å². The maximum Gasteiger partial charge on any atom is 0.253 e. The van der Waals surface area contributed by atoms with Gasteiger partial charge < -0.3 is 10.6 Å². The summed E-state index contributed by atoms with van der Waals surface area (Å²) in [5, 5.41) is 6.14. The van der Waals surface area contributed by atoms with Crippen LogP contribution >= 0.6 is 22.9 Å². The Morgan fingerprint density at radius 1 is 1.40 bits per heavy atom. The summed E-state index contributed by atoms with van der Waals surface area (Å²) in [5.41, 5.74) is 1.44. The average Bonchev–Trinajstić information content (AvgIpc) is 2.82. The molecule has 0 aliphatic carbocycles. The molecule has 0 aliphatic heterocycles. The highest BCUT2D eigenvalue weighted by molar-refractivity contribution is 7.15. The van der Waals surface area contributed by atoms with Crippen molar-refractivity contribution in [1.29, 1.82) is 0 Å². The first kappa shape index (κ1) is 14.8. The minimum absolute atomic E-state index is 0.0783. The Hall–Kier alpha value is -1.59. The number of nitrogens with one attached hydrogen (secondary N) is 2. The highest BCUT2D eigenvalue weighted by atomic mass is 35.5. The van der Waals surface area contributed by atoms with Gasteiger partial charge in [0.25, 0.3) is 5.91 Å². The largest absolute Gasteiger partial charge is 0.379 e. The first-order valence-corrected chi connectivity index (χ1v) is 7.49. The Morgan fingerprint density at radius 2 is 2.15 bits per heavy atom. The van der Waals surface area contributed by atoms with Crippen LogP contribution in [0.25, 0.3) is 0 Å². The average molecular weight is 310 g/mol. The molecule has 0 radical (unpaired) electrons. The number of halogens is 1. The number of nitrogens with zero attached hydrogens (tertiary/aromatic N) is 1. The second-order valence-electron chi connectivity index (χ2n) is 4.61. The summed E-state index contributed by atoms with van der Waals surface area (Å²) < 4.78 is 0.521. The van der Waals surface area contributed by atoms with E-state index in [1.165, 1.54) is 11.3 Å². The number of hydrogen-bond acceptors (Lipinski definition) is 4. The molecule has 2 N–H and O–H groups in total. The van der Waals surface area contributed by atoms with Gasteiger partial charge in [0, 0.05) is 22.8 Å². The SMILES string of the molecule is CC(C)NC(=O)c1ccccc1NCc1cnc(Cl)s1. The fourth-order valence-corrected chi connectivity index (χ4v) is 2.64. The molecule has 6 heteroatoms. The zero-order chi connectivity index (χ0) is 14.5. The number of amides is 1. The minimum Gasteiger partial charge on any atom is -0.379 e. The number of hydrogen-bond donors (Lipinski definition) is 2. The fraction of sp³-hybridized carbons (Fsp3) is 0.286. The Labute approximate surface area is 127 Å². The molecule has 1 heterocycles. The van der Waals surface area contributed by atoms with Crippen LogP contribution in [0.2, 0.25) is 4.47 Å². The van der Waals surface area contributed by atoms with Crippen LogP contribution < -0.4 is 10.6 Å². The van der Waals surface area contributed by atoms with E-state index >= 15 is 0 Å². The smallest absolute Gasteiger partial charge is 0.253 e. The number of aromatic nitrogens is 1. The van der Waals surface area contributed by atoms with Gasteiger partial charge in [-0.3, -0.25) is 4.79 Å². The fourth-order valence-electron chi connectivity index (χ4n) is 1.72. The predicted molar refractivity (Wildman–Crippen MR) is 83.5 cm³/mol. The maximum absolute atomic E-state index is 12.1. The van der Waals surface area contributed by atoms with E-state index in [4.69, 9.17) is 11.6 Å². The van der Waals surface area contributed by atoms with Gasteiger partial charge in [-0.25, -0.2) is 4.98 Å². The number of thiazole rings is 1. The quantitative estimate of drug-likeness (QED) is 0.888. The highest BCUT2D eigenvalue weighted by Gasteiger charge is 2.11. The molecule has 1 aromatic heterocycles. The van der Waals surface area contributed by atoms with Crippen LogP contribution in [-0.4, -0.2) is 16.9 Å². The molecule has 2 rings (SSSR count). The van der Waals surface area contributed by atoms with E-state index in [1.54, 1.807) is 12.3 Å². The van der Waals surface area contributed by atoms with Crippen molar-refractivity contribution >= 4 is 34.5 Å². The molecule has 0 saturated heterocycles. The summed E-state index contributed by atoms with van der Waals surface area (Å²) in [4.78, 5) is 17.1. The van der Waals surface area contributed by atoms with Crippen LogP contribution in [0, 0.1) is 0 Å². The topological polar surface area (TPSA) is 54.0 Å². The number of anilines is 1. The normalized spacial score (nSPS) is 10.6. The third kappa shape index (κ3) is 3.95. The van der Waals surface area contributed by atoms with Crippen molar-refractivity contribution in [2.45, 2.75) is 26.4 Å². The molecule has 1 aromatic carbocycles. The molecule has 0 unspecified atom stereocenters. The van der Waals surface area contributed by atoms with Gasteiger partial charge in [0.15, 0.2) is 4.47 Å². The molecule has 0 bridgehead atoms. The van der Waals surface area contributed by atoms with E-state index in [0.717, 1.165) is 10.6 Å². The van der Waals surface area contributed by atoms with Crippen LogP contribution in [0.15, 0.2) is 30.5 Å².